The molecule has 152 valence electrons. The number of nitrogens with one attached hydrogen (secondary N) is 1. The molecule has 0 saturated carbocycles. The molecular weight excluding hydrogens is 365 g/mol. The summed E-state index contributed by atoms with van der Waals surface area (Å²) in [4.78, 5) is 19.6. The summed E-state index contributed by atoms with van der Waals surface area (Å²) < 4.78 is 45.3. The molecule has 1 aliphatic heterocycles. The molecule has 2 rings (SSSR count). The van der Waals surface area contributed by atoms with E-state index in [2.05, 4.69) is 15.4 Å². The molecular formula is C16H25F3N6O2. The number of alkyl halides is 3. The fourth-order valence-electron chi connectivity index (χ4n) is 2.79. The van der Waals surface area contributed by atoms with Crippen LogP contribution in [0.4, 0.5) is 18.0 Å². The second kappa shape index (κ2) is 8.96. The van der Waals surface area contributed by atoms with E-state index in [-0.39, 0.29) is 18.2 Å². The van der Waals surface area contributed by atoms with E-state index in [1.165, 1.54) is 13.2 Å². The van der Waals surface area contributed by atoms with Crippen LogP contribution in [-0.4, -0.2) is 71.0 Å². The molecule has 1 saturated heterocycles. The number of carbonyl (C=O) groups excluding carboxylic acids is 1. The first kappa shape index (κ1) is 20.8. The third kappa shape index (κ3) is 5.51. The van der Waals surface area contributed by atoms with Crippen molar-refractivity contribution in [1.82, 2.24) is 24.9 Å². The van der Waals surface area contributed by atoms with Gasteiger partial charge >= 0.3 is 12.3 Å². The number of rotatable bonds is 4. The Bertz CT molecular complexity index is 666. The van der Waals surface area contributed by atoms with Crippen molar-refractivity contribution in [2.45, 2.75) is 26.6 Å². The van der Waals surface area contributed by atoms with E-state index < -0.39 is 11.9 Å². The number of halogens is 3. The Balaban J connectivity index is 2.07. The van der Waals surface area contributed by atoms with Crippen LogP contribution in [0.5, 0.6) is 0 Å². The number of guanidine groups is 1. The second-order valence-corrected chi connectivity index (χ2v) is 6.02. The van der Waals surface area contributed by atoms with Gasteiger partial charge in [-0.05, 0) is 13.8 Å². The highest BCUT2D eigenvalue weighted by atomic mass is 19.4. The number of ether oxygens (including phenoxy) is 1. The maximum atomic E-state index is 13.1. The molecule has 1 amide bonds. The molecule has 1 aliphatic rings. The van der Waals surface area contributed by atoms with Crippen LogP contribution < -0.4 is 5.32 Å². The van der Waals surface area contributed by atoms with Crippen LogP contribution in [0.3, 0.4) is 0 Å². The lowest BCUT2D eigenvalue weighted by atomic mass is 10.2. The predicted molar refractivity (Wildman–Crippen MR) is 93.2 cm³/mol. The van der Waals surface area contributed by atoms with Crippen molar-refractivity contribution in [3.63, 3.8) is 0 Å². The Labute approximate surface area is 156 Å². The predicted octanol–water partition coefficient (Wildman–Crippen LogP) is 1.68. The molecule has 1 N–H and O–H groups in total. The number of hydrogen-bond donors (Lipinski definition) is 1. The number of carbonyl (C=O) groups is 1. The van der Waals surface area contributed by atoms with E-state index in [4.69, 9.17) is 4.74 Å². The molecule has 8 nitrogen and oxygen atoms in total. The van der Waals surface area contributed by atoms with Crippen molar-refractivity contribution in [1.29, 1.82) is 0 Å². The van der Waals surface area contributed by atoms with Crippen molar-refractivity contribution in [3.8, 4) is 0 Å². The molecule has 0 bridgehead atoms. The summed E-state index contributed by atoms with van der Waals surface area (Å²) in [6.07, 6.45) is -3.55. The van der Waals surface area contributed by atoms with Gasteiger partial charge in [0.1, 0.15) is 0 Å². The number of aliphatic imine (C=N–C) groups is 1. The summed E-state index contributed by atoms with van der Waals surface area (Å²) in [6.45, 7) is 6.35. The van der Waals surface area contributed by atoms with Gasteiger partial charge in [-0.3, -0.25) is 4.68 Å². The summed E-state index contributed by atoms with van der Waals surface area (Å²) >= 11 is 0. The van der Waals surface area contributed by atoms with Gasteiger partial charge in [0.25, 0.3) is 0 Å². The zero-order valence-electron chi connectivity index (χ0n) is 15.7. The lowest BCUT2D eigenvalue weighted by Crippen LogP contribution is -2.53. The summed E-state index contributed by atoms with van der Waals surface area (Å²) in [7, 11) is 1.45. The van der Waals surface area contributed by atoms with Gasteiger partial charge in [-0.25, -0.2) is 9.79 Å². The minimum atomic E-state index is -4.52. The lowest BCUT2D eigenvalue weighted by molar-refractivity contribution is -0.142. The van der Waals surface area contributed by atoms with Crippen molar-refractivity contribution in [2.75, 3.05) is 39.3 Å². The maximum absolute atomic E-state index is 13.1. The summed E-state index contributed by atoms with van der Waals surface area (Å²) in [5, 5.41) is 6.59. The first-order valence-corrected chi connectivity index (χ1v) is 8.80. The maximum Gasteiger partial charge on any atom is 0.435 e. The van der Waals surface area contributed by atoms with E-state index in [0.29, 0.717) is 45.3 Å². The second-order valence-electron chi connectivity index (χ2n) is 6.02. The van der Waals surface area contributed by atoms with Crippen molar-refractivity contribution >= 4 is 12.1 Å². The molecule has 0 spiro atoms. The highest BCUT2D eigenvalue weighted by Gasteiger charge is 2.36. The molecule has 0 atom stereocenters. The van der Waals surface area contributed by atoms with E-state index in [1.54, 1.807) is 11.8 Å². The third-order valence-corrected chi connectivity index (χ3v) is 4.01. The number of amides is 1. The molecule has 1 aromatic heterocycles. The minimum Gasteiger partial charge on any atom is -0.450 e. The zero-order valence-corrected chi connectivity index (χ0v) is 15.7. The van der Waals surface area contributed by atoms with Crippen LogP contribution in [0, 0.1) is 0 Å². The van der Waals surface area contributed by atoms with Gasteiger partial charge < -0.3 is 19.9 Å². The van der Waals surface area contributed by atoms with Gasteiger partial charge in [-0.1, -0.05) is 0 Å². The average Bonchev–Trinajstić information content (AvgIpc) is 3.00. The van der Waals surface area contributed by atoms with Gasteiger partial charge in [0.05, 0.1) is 13.2 Å². The van der Waals surface area contributed by atoms with Crippen LogP contribution >= 0.6 is 0 Å². The van der Waals surface area contributed by atoms with E-state index in [0.717, 1.165) is 4.68 Å². The lowest BCUT2D eigenvalue weighted by Gasteiger charge is -2.35. The largest absolute Gasteiger partial charge is 0.450 e. The minimum absolute atomic E-state index is 0.0190. The molecule has 0 aromatic carbocycles. The van der Waals surface area contributed by atoms with E-state index in [9.17, 15) is 18.0 Å². The fraction of sp³-hybridized carbons (Fsp3) is 0.688. The normalized spacial score (nSPS) is 15.9. The first-order chi connectivity index (χ1) is 12.8. The van der Waals surface area contributed by atoms with Crippen molar-refractivity contribution in [3.05, 3.63) is 17.5 Å². The van der Waals surface area contributed by atoms with Crippen LogP contribution in [0.2, 0.25) is 0 Å². The topological polar surface area (TPSA) is 75.0 Å². The molecule has 1 aromatic rings. The standard InChI is InChI=1S/C16H25F3N6O2/c1-4-20-14(24-6-8-25(9-7-24)15(26)27-5-2)21-10-12-11-23(3)22-13(12)16(17,18)19/h11H,4-10H2,1-3H3,(H,20,21). The number of aromatic nitrogens is 2. The van der Waals surface area contributed by atoms with Crippen LogP contribution in [0.25, 0.3) is 0 Å². The molecule has 1 fully saturated rings. The number of nitrogens with zero attached hydrogens (tertiary/aromatic N) is 5. The Morgan fingerprint density at radius 1 is 1.26 bits per heavy atom. The van der Waals surface area contributed by atoms with Crippen LogP contribution in [0.15, 0.2) is 11.2 Å². The third-order valence-electron chi connectivity index (χ3n) is 4.01. The summed E-state index contributed by atoms with van der Waals surface area (Å²) in [5.41, 5.74) is -0.901. The molecule has 27 heavy (non-hydrogen) atoms. The highest BCUT2D eigenvalue weighted by Crippen LogP contribution is 2.30. The quantitative estimate of drug-likeness (QED) is 0.625. The average molecular weight is 390 g/mol. The highest BCUT2D eigenvalue weighted by molar-refractivity contribution is 5.80. The monoisotopic (exact) mass is 390 g/mol. The Morgan fingerprint density at radius 3 is 2.44 bits per heavy atom. The van der Waals surface area contributed by atoms with Crippen LogP contribution in [-0.2, 0) is 24.5 Å². The molecule has 11 heteroatoms. The smallest absolute Gasteiger partial charge is 0.435 e. The number of hydrogen-bond acceptors (Lipinski definition) is 4. The summed E-state index contributed by atoms with van der Waals surface area (Å²) in [6, 6.07) is 0. The Hall–Kier alpha value is -2.46. The molecule has 0 radical (unpaired) electrons. The fourth-order valence-corrected chi connectivity index (χ4v) is 2.79. The Kier molecular flexibility index (Phi) is 6.92. The van der Waals surface area contributed by atoms with Gasteiger partial charge in [0.2, 0.25) is 0 Å². The molecule has 2 heterocycles. The Morgan fingerprint density at radius 2 is 1.89 bits per heavy atom. The van der Waals surface area contributed by atoms with Crippen molar-refractivity contribution < 1.29 is 22.7 Å². The van der Waals surface area contributed by atoms with Gasteiger partial charge in [-0.15, -0.1) is 0 Å². The van der Waals surface area contributed by atoms with Crippen molar-refractivity contribution in [2.24, 2.45) is 12.0 Å². The van der Waals surface area contributed by atoms with Crippen LogP contribution in [0.1, 0.15) is 25.1 Å². The van der Waals surface area contributed by atoms with Gasteiger partial charge in [0, 0.05) is 51.5 Å². The zero-order chi connectivity index (χ0) is 20.0. The van der Waals surface area contributed by atoms with E-state index in [1.807, 2.05) is 11.8 Å². The molecule has 0 aliphatic carbocycles. The van der Waals surface area contributed by atoms with Gasteiger partial charge in [-0.2, -0.15) is 18.3 Å². The molecule has 0 unspecified atom stereocenters. The number of aryl methyl sites for hydroxylation is 1. The van der Waals surface area contributed by atoms with E-state index >= 15 is 0 Å². The number of piperazine rings is 1. The summed E-state index contributed by atoms with van der Waals surface area (Å²) in [5.74, 6) is 0.512. The first-order valence-electron chi connectivity index (χ1n) is 8.80. The van der Waals surface area contributed by atoms with Gasteiger partial charge in [0.15, 0.2) is 11.7 Å². The SMILES string of the molecule is CCNC(=NCc1cn(C)nc1C(F)(F)F)N1CCN(C(=O)OCC)CC1.